The molecule has 8 nitrogen and oxygen atoms in total. The Morgan fingerprint density at radius 2 is 1.52 bits per heavy atom. The molecule has 1 aromatic heterocycles. The summed E-state index contributed by atoms with van der Waals surface area (Å²) in [5.74, 6) is 0. The van der Waals surface area contributed by atoms with Crippen molar-refractivity contribution in [3.63, 3.8) is 0 Å². The van der Waals surface area contributed by atoms with E-state index in [1.54, 1.807) is 9.74 Å². The molecule has 0 aliphatic carbocycles. The Kier molecular flexibility index (Phi) is 5.74. The molecule has 0 saturated carbocycles. The van der Waals surface area contributed by atoms with E-state index in [-0.39, 0.29) is 23.7 Å². The van der Waals surface area contributed by atoms with Crippen molar-refractivity contribution >= 4 is 93.6 Å². The topological polar surface area (TPSA) is 146 Å². The minimum absolute atomic E-state index is 0.0544. The fraction of sp³-hybridized carbons (Fsp3) is 0.250. The van der Waals surface area contributed by atoms with Gasteiger partial charge in [0.2, 0.25) is 0 Å². The van der Waals surface area contributed by atoms with Crippen LogP contribution in [0.1, 0.15) is 0 Å². The first-order chi connectivity index (χ1) is 12.9. The summed E-state index contributed by atoms with van der Waals surface area (Å²) in [6, 6.07) is 6.63. The van der Waals surface area contributed by atoms with Crippen LogP contribution in [0.4, 0.5) is 0 Å². The second-order valence-electron chi connectivity index (χ2n) is 7.32. The predicted octanol–water partition coefficient (Wildman–Crippen LogP) is 1.98. The summed E-state index contributed by atoms with van der Waals surface area (Å²) in [5, 5.41) is 0.316. The second-order valence-corrected chi connectivity index (χ2v) is 31.4. The van der Waals surface area contributed by atoms with Crippen molar-refractivity contribution in [1.29, 1.82) is 0 Å². The van der Waals surface area contributed by atoms with Gasteiger partial charge in [-0.3, -0.25) is 0 Å². The Hall–Kier alpha value is -0.284. The van der Waals surface area contributed by atoms with Gasteiger partial charge in [-0.15, -0.1) is 0 Å². The maximum atomic E-state index is 13.0. The van der Waals surface area contributed by atoms with E-state index in [1.165, 1.54) is 34.0 Å². The molecule has 2 aromatic carbocycles. The predicted molar refractivity (Wildman–Crippen MR) is 114 cm³/mol. The summed E-state index contributed by atoms with van der Waals surface area (Å²) in [5.41, 5.74) is 0. The van der Waals surface area contributed by atoms with Crippen LogP contribution in [0.3, 0.4) is 0 Å². The molecule has 13 heteroatoms. The average Bonchev–Trinajstić information content (AvgIpc) is 2.85. The van der Waals surface area contributed by atoms with E-state index < -0.39 is 71.3 Å². The van der Waals surface area contributed by atoms with Crippen molar-refractivity contribution in [3.05, 3.63) is 30.3 Å². The van der Waals surface area contributed by atoms with E-state index in [0.717, 1.165) is 6.07 Å². The number of hydrogen-bond acceptors (Lipinski definition) is 7. The van der Waals surface area contributed by atoms with Crippen LogP contribution in [-0.2, 0) is 25.3 Å². The third-order valence-electron chi connectivity index (χ3n) is 4.40. The zero-order valence-corrected chi connectivity index (χ0v) is 23.4. The van der Waals surface area contributed by atoms with Gasteiger partial charge in [-0.25, -0.2) is 0 Å². The number of benzene rings is 2. The third-order valence-corrected chi connectivity index (χ3v) is 18.4. The number of fused-ring (bicyclic) bond motifs is 3. The maximum absolute atomic E-state index is 13.0. The van der Waals surface area contributed by atoms with Crippen LogP contribution in [0, 0.1) is 0 Å². The Balaban J connectivity index is 2.82. The van der Waals surface area contributed by atoms with Gasteiger partial charge in [0.05, 0.1) is 0 Å². The Morgan fingerprint density at radius 1 is 0.931 bits per heavy atom. The van der Waals surface area contributed by atoms with Gasteiger partial charge >= 0.3 is 180 Å². The first-order valence-electron chi connectivity index (χ1n) is 8.04. The molecule has 1 N–H and O–H groups in total. The number of thiophene rings is 1. The van der Waals surface area contributed by atoms with Crippen molar-refractivity contribution in [2.75, 3.05) is 0 Å². The molecule has 0 aliphatic heterocycles. The summed E-state index contributed by atoms with van der Waals surface area (Å²) in [7, 11) is -12.2. The van der Waals surface area contributed by atoms with Crippen LogP contribution < -0.4 is 7.02 Å². The normalized spacial score (nSPS) is 14.6. The van der Waals surface area contributed by atoms with Crippen molar-refractivity contribution in [2.24, 2.45) is 0 Å². The standard InChI is InChI=1S/C12H6O6S3.4CH3.2O.2Sb/c13-20(14,15)11-7-3-5-9-8-4-1-2-6-10(8)19(12(9)11)21(16,17)18;;;;;;;;/h2-4,6-7H,(H-,13,14,15,16,17,18);4*1H3;;;;. The first-order valence-corrected chi connectivity index (χ1v) is 27.5. The van der Waals surface area contributed by atoms with E-state index in [9.17, 15) is 32.0 Å². The van der Waals surface area contributed by atoms with Crippen molar-refractivity contribution in [2.45, 2.75) is 24.4 Å². The Bertz CT molecular complexity index is 1490. The first kappa shape index (κ1) is 23.4. The molecule has 0 bridgehead atoms. The molecule has 0 spiro atoms. The van der Waals surface area contributed by atoms with Crippen LogP contribution in [-0.4, -0.2) is 63.5 Å². The summed E-state index contributed by atoms with van der Waals surface area (Å²) >= 11 is -7.84. The van der Waals surface area contributed by atoms with E-state index in [1.807, 2.05) is 0 Å². The second kappa shape index (κ2) is 7.12. The monoisotopic (exact) mass is 676 g/mol. The molecule has 1 heterocycles. The quantitative estimate of drug-likeness (QED) is 0.191. The average molecular weight is 678 g/mol. The summed E-state index contributed by atoms with van der Waals surface area (Å²) in [6.07, 6.45) is 0. The minimum atomic E-state index is -5.06. The molecule has 0 fully saturated rings. The van der Waals surface area contributed by atoms with E-state index in [4.69, 9.17) is 0 Å². The van der Waals surface area contributed by atoms with Gasteiger partial charge in [-0.05, 0) is 0 Å². The summed E-state index contributed by atoms with van der Waals surface area (Å²) in [6.45, 7) is 0. The van der Waals surface area contributed by atoms with Crippen LogP contribution in [0.15, 0.2) is 35.2 Å². The van der Waals surface area contributed by atoms with Crippen LogP contribution in [0.5, 0.6) is 0 Å². The fourth-order valence-electron chi connectivity index (χ4n) is 3.18. The molecule has 0 radical (unpaired) electrons. The molecule has 0 saturated heterocycles. The zero-order chi connectivity index (χ0) is 22.2. The molecule has 158 valence electrons. The van der Waals surface area contributed by atoms with Crippen molar-refractivity contribution in [1.82, 2.24) is 0 Å². The van der Waals surface area contributed by atoms with E-state index in [0.29, 0.717) is 3.51 Å². The molecular formula is C16H18O8S3Sb2. The molecule has 1 unspecified atom stereocenters. The third kappa shape index (κ3) is 4.24. The molecule has 3 aromatic rings. The Labute approximate surface area is 178 Å². The molecule has 0 amide bonds. The molecule has 1 atom stereocenters. The van der Waals surface area contributed by atoms with Crippen LogP contribution >= 0.6 is 9.50 Å². The van der Waals surface area contributed by atoms with E-state index >= 15 is 0 Å². The van der Waals surface area contributed by atoms with Gasteiger partial charge < -0.3 is 0 Å². The van der Waals surface area contributed by atoms with Gasteiger partial charge in [-0.2, -0.15) is 0 Å². The van der Waals surface area contributed by atoms with Gasteiger partial charge in [0.15, 0.2) is 0 Å². The number of hydrogen-bond donors (Lipinski definition) is 1. The van der Waals surface area contributed by atoms with Gasteiger partial charge in [0, 0.05) is 0 Å². The van der Waals surface area contributed by atoms with Crippen molar-refractivity contribution in [3.8, 4) is 0 Å². The van der Waals surface area contributed by atoms with Gasteiger partial charge in [0.25, 0.3) is 0 Å². The van der Waals surface area contributed by atoms with Crippen LogP contribution in [0.2, 0.25) is 19.5 Å². The molecule has 3 rings (SSSR count). The van der Waals surface area contributed by atoms with Crippen LogP contribution in [0.25, 0.3) is 20.2 Å². The van der Waals surface area contributed by atoms with E-state index in [2.05, 4.69) is 0 Å². The SMILES string of the molecule is [CH3][Sb]([CH3])(=[O])[c]1ccc2c(c1)c1[c]([Sb]([CH3])([CH3])=[O])ccc(S(=O)(=O)O)c1[s+]2S(=O)(=O)[O-]. The molecular weight excluding hydrogens is 660 g/mol. The van der Waals surface area contributed by atoms with Crippen molar-refractivity contribution < 1.29 is 32.0 Å². The summed E-state index contributed by atoms with van der Waals surface area (Å²) < 4.78 is 96.1. The van der Waals surface area contributed by atoms with Gasteiger partial charge in [0.1, 0.15) is 0 Å². The zero-order valence-electron chi connectivity index (χ0n) is 15.8. The Morgan fingerprint density at radius 3 is 1.97 bits per heavy atom. The van der Waals surface area contributed by atoms with Gasteiger partial charge in [-0.1, -0.05) is 0 Å². The molecule has 29 heavy (non-hydrogen) atoms. The molecule has 0 aliphatic rings. The fourth-order valence-corrected chi connectivity index (χ4v) is 14.7. The number of rotatable bonds is 4. The summed E-state index contributed by atoms with van der Waals surface area (Å²) in [4.78, 5) is 5.54.